The van der Waals surface area contributed by atoms with E-state index in [9.17, 15) is 5.11 Å². The number of nitrogens with two attached hydrogens (primary N) is 1. The number of halogens is 1. The van der Waals surface area contributed by atoms with Crippen LogP contribution in [0.2, 0.25) is 0 Å². The molecule has 1 aromatic rings. The van der Waals surface area contributed by atoms with Gasteiger partial charge in [-0.1, -0.05) is 18.2 Å². The third-order valence-electron chi connectivity index (χ3n) is 1.78. The van der Waals surface area contributed by atoms with Gasteiger partial charge in [0.15, 0.2) is 0 Å². The lowest BCUT2D eigenvalue weighted by molar-refractivity contribution is 0.164. The number of hydrogen-bond donors (Lipinski definition) is 2. The molecular weight excluding hydrogens is 265 g/mol. The molecule has 0 bridgehead atoms. The lowest BCUT2D eigenvalue weighted by Gasteiger charge is -2.16. The zero-order valence-electron chi connectivity index (χ0n) is 6.87. The number of aliphatic hydroxyl groups is 1. The Labute approximate surface area is 85.9 Å². The molecule has 0 aliphatic rings. The second-order valence-electron chi connectivity index (χ2n) is 2.79. The summed E-state index contributed by atoms with van der Waals surface area (Å²) in [4.78, 5) is 0. The average molecular weight is 277 g/mol. The van der Waals surface area contributed by atoms with Gasteiger partial charge >= 0.3 is 0 Å². The molecule has 2 atom stereocenters. The fourth-order valence-electron chi connectivity index (χ4n) is 1.01. The molecule has 1 rings (SSSR count). The first-order valence-electron chi connectivity index (χ1n) is 3.81. The normalized spacial score (nSPS) is 15.7. The molecule has 66 valence electrons. The highest BCUT2D eigenvalue weighted by Crippen LogP contribution is 2.20. The highest BCUT2D eigenvalue weighted by atomic mass is 127. The van der Waals surface area contributed by atoms with E-state index in [0.717, 1.165) is 9.13 Å². The Hall–Kier alpha value is -0.130. The summed E-state index contributed by atoms with van der Waals surface area (Å²) < 4.78 is 1.10. The molecule has 0 heterocycles. The summed E-state index contributed by atoms with van der Waals surface area (Å²) in [6.45, 7) is 1.70. The lowest BCUT2D eigenvalue weighted by atomic mass is 10.0. The first-order chi connectivity index (χ1) is 5.63. The molecule has 0 radical (unpaired) electrons. The largest absolute Gasteiger partial charge is 0.391 e. The molecule has 3 heteroatoms. The van der Waals surface area contributed by atoms with E-state index in [4.69, 9.17) is 5.73 Å². The Bertz CT molecular complexity index is 262. The van der Waals surface area contributed by atoms with Crippen LogP contribution in [0.5, 0.6) is 0 Å². The molecular formula is C9H12INO. The molecule has 0 aromatic heterocycles. The van der Waals surface area contributed by atoms with Crippen LogP contribution in [0.15, 0.2) is 24.3 Å². The van der Waals surface area contributed by atoms with Gasteiger partial charge in [0.2, 0.25) is 0 Å². The van der Waals surface area contributed by atoms with E-state index >= 15 is 0 Å². The smallest absolute Gasteiger partial charge is 0.0705 e. The van der Waals surface area contributed by atoms with Crippen molar-refractivity contribution in [2.24, 2.45) is 5.73 Å². The van der Waals surface area contributed by atoms with E-state index in [2.05, 4.69) is 22.6 Å². The second kappa shape index (κ2) is 4.20. The summed E-state index contributed by atoms with van der Waals surface area (Å²) in [6, 6.07) is 7.54. The van der Waals surface area contributed by atoms with Crippen molar-refractivity contribution in [1.29, 1.82) is 0 Å². The van der Waals surface area contributed by atoms with E-state index in [0.29, 0.717) is 0 Å². The van der Waals surface area contributed by atoms with Crippen molar-refractivity contribution in [2.75, 3.05) is 0 Å². The van der Waals surface area contributed by atoms with Crippen LogP contribution >= 0.6 is 22.6 Å². The predicted molar refractivity (Wildman–Crippen MR) is 57.8 cm³/mol. The van der Waals surface area contributed by atoms with Gasteiger partial charge in [0.25, 0.3) is 0 Å². The van der Waals surface area contributed by atoms with E-state index in [1.165, 1.54) is 0 Å². The van der Waals surface area contributed by atoms with E-state index in [-0.39, 0.29) is 6.04 Å². The second-order valence-corrected chi connectivity index (χ2v) is 3.95. The Morgan fingerprint density at radius 3 is 2.50 bits per heavy atom. The van der Waals surface area contributed by atoms with Crippen LogP contribution in [0.25, 0.3) is 0 Å². The molecule has 1 unspecified atom stereocenters. The summed E-state index contributed by atoms with van der Waals surface area (Å²) in [5.74, 6) is 0. The summed E-state index contributed by atoms with van der Waals surface area (Å²) >= 11 is 2.22. The van der Waals surface area contributed by atoms with Crippen LogP contribution in [0, 0.1) is 3.57 Å². The van der Waals surface area contributed by atoms with Crippen molar-refractivity contribution >= 4 is 22.6 Å². The maximum atomic E-state index is 9.27. The predicted octanol–water partition coefficient (Wildman–Crippen LogP) is 1.67. The van der Waals surface area contributed by atoms with Gasteiger partial charge in [0.05, 0.1) is 12.1 Å². The van der Waals surface area contributed by atoms with E-state index < -0.39 is 6.10 Å². The Kier molecular flexibility index (Phi) is 3.49. The van der Waals surface area contributed by atoms with Crippen molar-refractivity contribution in [1.82, 2.24) is 0 Å². The minimum atomic E-state index is -0.499. The average Bonchev–Trinajstić information content (AvgIpc) is 2.04. The van der Waals surface area contributed by atoms with Gasteiger partial charge in [0.1, 0.15) is 0 Å². The van der Waals surface area contributed by atoms with Crippen LogP contribution in [-0.4, -0.2) is 11.2 Å². The van der Waals surface area contributed by atoms with Gasteiger partial charge in [-0.15, -0.1) is 0 Å². The molecule has 0 saturated carbocycles. The molecule has 0 aliphatic heterocycles. The van der Waals surface area contributed by atoms with E-state index in [1.807, 2.05) is 24.3 Å². The molecule has 3 N–H and O–H groups in total. The van der Waals surface area contributed by atoms with E-state index in [1.54, 1.807) is 6.92 Å². The minimum Gasteiger partial charge on any atom is -0.391 e. The monoisotopic (exact) mass is 277 g/mol. The van der Waals surface area contributed by atoms with Gasteiger partial charge in [-0.25, -0.2) is 0 Å². The van der Waals surface area contributed by atoms with Crippen LogP contribution in [0.3, 0.4) is 0 Å². The summed E-state index contributed by atoms with van der Waals surface area (Å²) in [7, 11) is 0. The number of benzene rings is 1. The van der Waals surface area contributed by atoms with Crippen molar-refractivity contribution < 1.29 is 5.11 Å². The number of hydrogen-bond acceptors (Lipinski definition) is 2. The van der Waals surface area contributed by atoms with Crippen molar-refractivity contribution in [3.8, 4) is 0 Å². The Morgan fingerprint density at radius 2 is 2.00 bits per heavy atom. The van der Waals surface area contributed by atoms with Gasteiger partial charge in [-0.2, -0.15) is 0 Å². The highest BCUT2D eigenvalue weighted by molar-refractivity contribution is 14.1. The molecule has 0 aliphatic carbocycles. The van der Waals surface area contributed by atoms with Crippen LogP contribution in [0.1, 0.15) is 18.5 Å². The van der Waals surface area contributed by atoms with Crippen molar-refractivity contribution in [3.05, 3.63) is 33.4 Å². The van der Waals surface area contributed by atoms with Gasteiger partial charge in [0, 0.05) is 3.57 Å². The third kappa shape index (κ3) is 2.18. The van der Waals surface area contributed by atoms with Crippen molar-refractivity contribution in [3.63, 3.8) is 0 Å². The van der Waals surface area contributed by atoms with Crippen LogP contribution in [0.4, 0.5) is 0 Å². The van der Waals surface area contributed by atoms with Crippen LogP contribution in [-0.2, 0) is 0 Å². The fraction of sp³-hybridized carbons (Fsp3) is 0.333. The third-order valence-corrected chi connectivity index (χ3v) is 2.77. The Morgan fingerprint density at radius 1 is 1.42 bits per heavy atom. The first-order valence-corrected chi connectivity index (χ1v) is 4.89. The fourth-order valence-corrected chi connectivity index (χ4v) is 1.75. The minimum absolute atomic E-state index is 0.280. The topological polar surface area (TPSA) is 46.2 Å². The maximum Gasteiger partial charge on any atom is 0.0705 e. The molecule has 0 fully saturated rings. The summed E-state index contributed by atoms with van der Waals surface area (Å²) in [5, 5.41) is 9.27. The highest BCUT2D eigenvalue weighted by Gasteiger charge is 2.13. The molecule has 0 saturated heterocycles. The Balaban J connectivity index is 2.94. The van der Waals surface area contributed by atoms with Crippen LogP contribution < -0.4 is 5.73 Å². The zero-order chi connectivity index (χ0) is 9.14. The molecule has 12 heavy (non-hydrogen) atoms. The first kappa shape index (κ1) is 9.95. The molecule has 1 aromatic carbocycles. The number of aliphatic hydroxyl groups excluding tert-OH is 1. The summed E-state index contributed by atoms with van der Waals surface area (Å²) in [5.41, 5.74) is 6.79. The van der Waals surface area contributed by atoms with Crippen molar-refractivity contribution in [2.45, 2.75) is 19.1 Å². The van der Waals surface area contributed by atoms with Gasteiger partial charge in [-0.3, -0.25) is 0 Å². The quantitative estimate of drug-likeness (QED) is 0.808. The lowest BCUT2D eigenvalue weighted by Crippen LogP contribution is -2.23. The maximum absolute atomic E-state index is 9.27. The number of rotatable bonds is 2. The standard InChI is InChI=1S/C9H12INO/c1-6(12)9(11)7-4-2-3-5-8(7)10/h2-6,9,12H,11H2,1H3/t6?,9-/m0/s1. The molecule has 0 amide bonds. The zero-order valence-corrected chi connectivity index (χ0v) is 9.02. The summed E-state index contributed by atoms with van der Waals surface area (Å²) in [6.07, 6.45) is -0.499. The SMILES string of the molecule is CC(O)[C@H](N)c1ccccc1I. The van der Waals surface area contributed by atoms with Gasteiger partial charge < -0.3 is 10.8 Å². The molecule has 2 nitrogen and oxygen atoms in total. The molecule has 0 spiro atoms. The van der Waals surface area contributed by atoms with Gasteiger partial charge in [-0.05, 0) is 41.1 Å².